The van der Waals surface area contributed by atoms with E-state index in [2.05, 4.69) is 10.5 Å². The molecule has 24 heavy (non-hydrogen) atoms. The summed E-state index contributed by atoms with van der Waals surface area (Å²) in [6, 6.07) is 11.5. The van der Waals surface area contributed by atoms with Gasteiger partial charge in [-0.3, -0.25) is 4.79 Å². The van der Waals surface area contributed by atoms with E-state index in [1.165, 1.54) is 25.7 Å². The molecular formula is C20H22N2O2. The number of phenolic OH excluding ortho intramolecular Hbond substituents is 1. The van der Waals surface area contributed by atoms with E-state index in [-0.39, 0.29) is 17.6 Å². The first-order valence-electron chi connectivity index (χ1n) is 8.72. The largest absolute Gasteiger partial charge is 0.507 e. The molecule has 4 rings (SSSR count). The van der Waals surface area contributed by atoms with E-state index in [1.54, 1.807) is 0 Å². The number of carbonyl (C=O) groups is 1. The van der Waals surface area contributed by atoms with Crippen molar-refractivity contribution in [2.45, 2.75) is 32.6 Å². The van der Waals surface area contributed by atoms with Gasteiger partial charge in [0.1, 0.15) is 5.75 Å². The van der Waals surface area contributed by atoms with E-state index >= 15 is 0 Å². The van der Waals surface area contributed by atoms with Gasteiger partial charge in [-0.1, -0.05) is 43.2 Å². The van der Waals surface area contributed by atoms with Crippen molar-refractivity contribution in [2.24, 2.45) is 22.9 Å². The van der Waals surface area contributed by atoms with Crippen molar-refractivity contribution >= 4 is 22.4 Å². The standard InChI is InChI=1S/C20H22N2O2/c1-12(14-11-10-13-6-2-3-7-15(13)19(14)23)21-22-20(24)18-16-8-4-5-9-17(16)18/h2-3,6-7,10-11,16-18,23H,4-5,8-9H2,1H3,(H,22,24)/b21-12-/t16-,17-/m1/s1. The van der Waals surface area contributed by atoms with Crippen molar-refractivity contribution in [3.05, 3.63) is 42.0 Å². The second kappa shape index (κ2) is 5.93. The molecule has 2 atom stereocenters. The Bertz CT molecular complexity index is 815. The van der Waals surface area contributed by atoms with Gasteiger partial charge in [0.2, 0.25) is 5.91 Å². The predicted molar refractivity (Wildman–Crippen MR) is 94.9 cm³/mol. The highest BCUT2D eigenvalue weighted by molar-refractivity contribution is 6.06. The molecule has 2 N–H and O–H groups in total. The molecule has 2 aliphatic carbocycles. The topological polar surface area (TPSA) is 61.7 Å². The fourth-order valence-electron chi connectivity index (χ4n) is 4.20. The van der Waals surface area contributed by atoms with E-state index in [0.29, 0.717) is 23.1 Å². The Kier molecular flexibility index (Phi) is 3.75. The van der Waals surface area contributed by atoms with Crippen LogP contribution < -0.4 is 5.43 Å². The number of carbonyl (C=O) groups excluding carboxylic acids is 1. The highest BCUT2D eigenvalue weighted by Crippen LogP contribution is 2.55. The zero-order valence-electron chi connectivity index (χ0n) is 13.8. The number of nitrogens with zero attached hydrogens (tertiary/aromatic N) is 1. The van der Waals surface area contributed by atoms with Crippen LogP contribution in [0.4, 0.5) is 0 Å². The van der Waals surface area contributed by atoms with Crippen LogP contribution >= 0.6 is 0 Å². The minimum atomic E-state index is 0.0338. The fourth-order valence-corrected chi connectivity index (χ4v) is 4.20. The van der Waals surface area contributed by atoms with E-state index < -0.39 is 0 Å². The fraction of sp³-hybridized carbons (Fsp3) is 0.400. The van der Waals surface area contributed by atoms with Crippen LogP contribution in [0.5, 0.6) is 5.75 Å². The summed E-state index contributed by atoms with van der Waals surface area (Å²) in [5.74, 6) is 1.54. The molecule has 2 aromatic carbocycles. The molecule has 0 radical (unpaired) electrons. The number of benzene rings is 2. The van der Waals surface area contributed by atoms with E-state index in [0.717, 1.165) is 10.8 Å². The molecule has 0 aromatic heterocycles. The van der Waals surface area contributed by atoms with Gasteiger partial charge in [0.15, 0.2) is 0 Å². The van der Waals surface area contributed by atoms with Crippen LogP contribution in [0.1, 0.15) is 38.2 Å². The Morgan fingerprint density at radius 1 is 1.12 bits per heavy atom. The second-order valence-electron chi connectivity index (χ2n) is 6.99. The van der Waals surface area contributed by atoms with Crippen molar-refractivity contribution in [1.82, 2.24) is 5.43 Å². The molecule has 4 heteroatoms. The first-order chi connectivity index (χ1) is 11.7. The zero-order valence-corrected chi connectivity index (χ0v) is 13.8. The first kappa shape index (κ1) is 15.2. The van der Waals surface area contributed by atoms with E-state index in [1.807, 2.05) is 43.3 Å². The number of rotatable bonds is 3. The van der Waals surface area contributed by atoms with Crippen LogP contribution in [-0.2, 0) is 4.79 Å². The Morgan fingerprint density at radius 3 is 2.58 bits per heavy atom. The average Bonchev–Trinajstić information content (AvgIpc) is 3.34. The van der Waals surface area contributed by atoms with Crippen LogP contribution in [0.2, 0.25) is 0 Å². The third-order valence-electron chi connectivity index (χ3n) is 5.58. The van der Waals surface area contributed by atoms with E-state index in [9.17, 15) is 9.90 Å². The lowest BCUT2D eigenvalue weighted by Gasteiger charge is -2.08. The highest BCUT2D eigenvalue weighted by atomic mass is 16.3. The lowest BCUT2D eigenvalue weighted by Crippen LogP contribution is -2.22. The molecule has 0 aliphatic heterocycles. The van der Waals surface area contributed by atoms with E-state index in [4.69, 9.17) is 0 Å². The highest BCUT2D eigenvalue weighted by Gasteiger charge is 2.54. The Balaban J connectivity index is 1.51. The number of amides is 1. The molecule has 2 fully saturated rings. The van der Waals surface area contributed by atoms with Gasteiger partial charge in [0.05, 0.1) is 5.71 Å². The van der Waals surface area contributed by atoms with Gasteiger partial charge in [-0.15, -0.1) is 0 Å². The van der Waals surface area contributed by atoms with Crippen LogP contribution in [0.15, 0.2) is 41.5 Å². The number of phenols is 1. The van der Waals surface area contributed by atoms with Crippen LogP contribution in [0.25, 0.3) is 10.8 Å². The number of hydrogen-bond donors (Lipinski definition) is 2. The smallest absolute Gasteiger partial charge is 0.243 e. The molecule has 0 heterocycles. The van der Waals surface area contributed by atoms with Gasteiger partial charge >= 0.3 is 0 Å². The number of hydrazone groups is 1. The molecule has 0 unspecified atom stereocenters. The molecule has 0 saturated heterocycles. The molecule has 0 spiro atoms. The minimum Gasteiger partial charge on any atom is -0.507 e. The van der Waals surface area contributed by atoms with Crippen LogP contribution in [0.3, 0.4) is 0 Å². The maximum Gasteiger partial charge on any atom is 0.243 e. The minimum absolute atomic E-state index is 0.0338. The van der Waals surface area contributed by atoms with Crippen LogP contribution in [-0.4, -0.2) is 16.7 Å². The molecule has 124 valence electrons. The van der Waals surface area contributed by atoms with Gasteiger partial charge in [-0.25, -0.2) is 5.43 Å². The third kappa shape index (κ3) is 2.56. The van der Waals surface area contributed by atoms with Gasteiger partial charge in [-0.05, 0) is 43.1 Å². The summed E-state index contributed by atoms with van der Waals surface area (Å²) in [6.45, 7) is 1.81. The summed E-state index contributed by atoms with van der Waals surface area (Å²) in [7, 11) is 0. The molecular weight excluding hydrogens is 300 g/mol. The lowest BCUT2D eigenvalue weighted by molar-refractivity contribution is -0.122. The third-order valence-corrected chi connectivity index (χ3v) is 5.58. The van der Waals surface area contributed by atoms with Crippen molar-refractivity contribution < 1.29 is 9.90 Å². The summed E-state index contributed by atoms with van der Waals surface area (Å²) >= 11 is 0. The Morgan fingerprint density at radius 2 is 1.83 bits per heavy atom. The van der Waals surface area contributed by atoms with Crippen molar-refractivity contribution in [3.8, 4) is 5.75 Å². The monoisotopic (exact) mass is 322 g/mol. The Labute approximate surface area is 141 Å². The predicted octanol–water partition coefficient (Wildman–Crippen LogP) is 3.82. The molecule has 2 aromatic rings. The lowest BCUT2D eigenvalue weighted by atomic mass is 10.0. The summed E-state index contributed by atoms with van der Waals surface area (Å²) in [5, 5.41) is 16.5. The van der Waals surface area contributed by atoms with Gasteiger partial charge in [0, 0.05) is 16.9 Å². The average molecular weight is 322 g/mol. The number of aromatic hydroxyl groups is 1. The summed E-state index contributed by atoms with van der Waals surface area (Å²) < 4.78 is 0. The van der Waals surface area contributed by atoms with Gasteiger partial charge < -0.3 is 5.11 Å². The van der Waals surface area contributed by atoms with Gasteiger partial charge in [0.25, 0.3) is 0 Å². The van der Waals surface area contributed by atoms with Crippen molar-refractivity contribution in [3.63, 3.8) is 0 Å². The molecule has 4 nitrogen and oxygen atoms in total. The maximum absolute atomic E-state index is 12.3. The second-order valence-corrected chi connectivity index (χ2v) is 6.99. The first-order valence-corrected chi connectivity index (χ1v) is 8.72. The summed E-state index contributed by atoms with van der Waals surface area (Å²) in [4.78, 5) is 12.3. The maximum atomic E-state index is 12.3. The molecule has 2 saturated carbocycles. The molecule has 0 bridgehead atoms. The van der Waals surface area contributed by atoms with Crippen molar-refractivity contribution in [1.29, 1.82) is 0 Å². The van der Waals surface area contributed by atoms with Crippen molar-refractivity contribution in [2.75, 3.05) is 0 Å². The number of hydrogen-bond acceptors (Lipinski definition) is 3. The zero-order chi connectivity index (χ0) is 16.7. The van der Waals surface area contributed by atoms with Gasteiger partial charge in [-0.2, -0.15) is 5.10 Å². The molecule has 2 aliphatic rings. The summed E-state index contributed by atoms with van der Waals surface area (Å²) in [6.07, 6.45) is 4.85. The normalized spacial score (nSPS) is 26.0. The SMILES string of the molecule is C/C(=N/NC(=O)C1[C@@H]2CCCC[C@@H]12)c1ccc2ccccc2c1O. The molecule has 1 amide bonds. The number of fused-ring (bicyclic) bond motifs is 2. The van der Waals surface area contributed by atoms with Crippen LogP contribution in [0, 0.1) is 17.8 Å². The quantitative estimate of drug-likeness (QED) is 0.666. The number of nitrogens with one attached hydrogen (secondary N) is 1. The Hall–Kier alpha value is -2.36. The summed E-state index contributed by atoms with van der Waals surface area (Å²) in [5.41, 5.74) is 3.99.